The molecule has 1 aliphatic heterocycles. The predicted octanol–water partition coefficient (Wildman–Crippen LogP) is 2.65. The van der Waals surface area contributed by atoms with Crippen LogP contribution in [-0.2, 0) is 4.79 Å². The molecular weight excluding hydrogens is 354 g/mol. The summed E-state index contributed by atoms with van der Waals surface area (Å²) in [6, 6.07) is 10.9. The summed E-state index contributed by atoms with van der Waals surface area (Å²) in [7, 11) is 0. The van der Waals surface area contributed by atoms with Crippen LogP contribution in [0.15, 0.2) is 36.4 Å². The van der Waals surface area contributed by atoms with E-state index in [0.29, 0.717) is 18.7 Å². The van der Waals surface area contributed by atoms with E-state index in [1.165, 1.54) is 6.42 Å². The largest absolute Gasteiger partial charge is 0.381 e. The van der Waals surface area contributed by atoms with Crippen LogP contribution >= 0.6 is 0 Å². The number of benzene rings is 1. The lowest BCUT2D eigenvalue weighted by molar-refractivity contribution is -0.132. The summed E-state index contributed by atoms with van der Waals surface area (Å²) in [6.45, 7) is 0.534. The molecule has 2 N–H and O–H groups in total. The number of aliphatic hydroxyl groups excluding tert-OH is 1. The number of carbonyl (C=O) groups excluding carboxylic acids is 2. The Morgan fingerprint density at radius 2 is 1.82 bits per heavy atom. The zero-order valence-corrected chi connectivity index (χ0v) is 16.0. The second-order valence-electron chi connectivity index (χ2n) is 7.89. The van der Waals surface area contributed by atoms with Gasteiger partial charge in [-0.2, -0.15) is 0 Å². The monoisotopic (exact) mass is 381 g/mol. The highest BCUT2D eigenvalue weighted by Gasteiger charge is 2.38. The van der Waals surface area contributed by atoms with Crippen molar-refractivity contribution in [2.45, 2.75) is 63.1 Å². The molecule has 1 aromatic carbocycles. The minimum absolute atomic E-state index is 0.142. The summed E-state index contributed by atoms with van der Waals surface area (Å²) in [5, 5.41) is 14.6. The Morgan fingerprint density at radius 1 is 1.04 bits per heavy atom. The summed E-state index contributed by atoms with van der Waals surface area (Å²) in [6.07, 6.45) is 5.56. The van der Waals surface area contributed by atoms with Crippen LogP contribution in [0, 0.1) is 0 Å². The Labute approximate surface area is 164 Å². The fourth-order valence-electron chi connectivity index (χ4n) is 4.41. The van der Waals surface area contributed by atoms with E-state index in [-0.39, 0.29) is 17.9 Å². The van der Waals surface area contributed by atoms with Gasteiger partial charge in [0.1, 0.15) is 5.69 Å². The normalized spacial score (nSPS) is 21.6. The van der Waals surface area contributed by atoms with E-state index in [9.17, 15) is 14.7 Å². The highest BCUT2D eigenvalue weighted by molar-refractivity contribution is 5.95. The van der Waals surface area contributed by atoms with Gasteiger partial charge in [0.05, 0.1) is 11.6 Å². The quantitative estimate of drug-likeness (QED) is 0.853. The number of para-hydroxylation sites is 1. The summed E-state index contributed by atoms with van der Waals surface area (Å²) in [5.41, 5.74) is 1.12. The van der Waals surface area contributed by atoms with E-state index < -0.39 is 12.1 Å². The van der Waals surface area contributed by atoms with Gasteiger partial charge in [-0.3, -0.25) is 9.59 Å². The molecule has 2 amide bonds. The van der Waals surface area contributed by atoms with Crippen molar-refractivity contribution in [2.75, 3.05) is 6.54 Å². The Bertz CT molecular complexity index is 863. The van der Waals surface area contributed by atoms with Crippen molar-refractivity contribution in [2.24, 2.45) is 0 Å². The van der Waals surface area contributed by atoms with Crippen molar-refractivity contribution in [1.29, 1.82) is 0 Å². The Morgan fingerprint density at radius 3 is 2.64 bits per heavy atom. The first-order valence-corrected chi connectivity index (χ1v) is 10.3. The van der Waals surface area contributed by atoms with E-state index in [1.807, 2.05) is 30.3 Å². The third kappa shape index (κ3) is 3.87. The van der Waals surface area contributed by atoms with Crippen LogP contribution in [0.4, 0.5) is 0 Å². The fraction of sp³-hybridized carbons (Fsp3) is 0.500. The van der Waals surface area contributed by atoms with Gasteiger partial charge in [0.25, 0.3) is 11.8 Å². The minimum atomic E-state index is -1.20. The maximum atomic E-state index is 13.0. The highest BCUT2D eigenvalue weighted by atomic mass is 16.3. The molecule has 1 aromatic heterocycles. The van der Waals surface area contributed by atoms with E-state index in [0.717, 1.165) is 43.0 Å². The molecule has 2 fully saturated rings. The number of aromatic nitrogens is 1. The third-order valence-electron chi connectivity index (χ3n) is 5.96. The van der Waals surface area contributed by atoms with E-state index in [1.54, 1.807) is 11.0 Å². The van der Waals surface area contributed by atoms with Crippen molar-refractivity contribution >= 4 is 22.7 Å². The minimum Gasteiger partial charge on any atom is -0.381 e. The number of aliphatic hydroxyl groups is 1. The number of carbonyl (C=O) groups is 2. The second kappa shape index (κ2) is 8.27. The van der Waals surface area contributed by atoms with Crippen molar-refractivity contribution < 1.29 is 14.7 Å². The lowest BCUT2D eigenvalue weighted by Crippen LogP contribution is -2.52. The molecule has 0 radical (unpaired) electrons. The summed E-state index contributed by atoms with van der Waals surface area (Å²) in [4.78, 5) is 31.7. The van der Waals surface area contributed by atoms with Gasteiger partial charge in [0, 0.05) is 18.0 Å². The Hall–Kier alpha value is -2.47. The molecule has 1 saturated carbocycles. The first kappa shape index (κ1) is 18.9. The number of amides is 2. The van der Waals surface area contributed by atoms with Gasteiger partial charge in [-0.1, -0.05) is 43.5 Å². The molecule has 2 atom stereocenters. The van der Waals surface area contributed by atoms with Crippen LogP contribution in [0.2, 0.25) is 0 Å². The van der Waals surface area contributed by atoms with E-state index in [2.05, 4.69) is 10.3 Å². The molecule has 2 heterocycles. The molecule has 2 aliphatic rings. The number of fused-ring (bicyclic) bond motifs is 1. The Kier molecular flexibility index (Phi) is 5.57. The lowest BCUT2D eigenvalue weighted by Gasteiger charge is -2.30. The lowest BCUT2D eigenvalue weighted by atomic mass is 9.95. The summed E-state index contributed by atoms with van der Waals surface area (Å²) in [5.74, 6) is -0.583. The molecule has 6 nitrogen and oxygen atoms in total. The van der Waals surface area contributed by atoms with Crippen molar-refractivity contribution in [3.63, 3.8) is 0 Å². The van der Waals surface area contributed by atoms with Crippen LogP contribution in [0.5, 0.6) is 0 Å². The number of nitrogens with one attached hydrogen (secondary N) is 1. The van der Waals surface area contributed by atoms with Crippen LogP contribution in [0.3, 0.4) is 0 Å². The maximum absolute atomic E-state index is 13.0. The van der Waals surface area contributed by atoms with Crippen LogP contribution in [0.1, 0.15) is 55.4 Å². The molecule has 4 rings (SSSR count). The number of nitrogens with zero attached hydrogens (tertiary/aromatic N) is 2. The zero-order chi connectivity index (χ0) is 19.5. The SMILES string of the molecule is O=C(NC1CCCCC1)C(O)[C@@H]1CCCN1C(=O)c1ccc2ccccc2n1. The molecular formula is C22H27N3O3. The number of hydrogen-bond acceptors (Lipinski definition) is 4. The summed E-state index contributed by atoms with van der Waals surface area (Å²) >= 11 is 0. The van der Waals surface area contributed by atoms with Gasteiger partial charge in [-0.25, -0.2) is 4.98 Å². The smallest absolute Gasteiger partial charge is 0.272 e. The number of likely N-dealkylation sites (tertiary alicyclic amines) is 1. The standard InChI is InChI=1S/C22H27N3O3/c26-20(21(27)23-16-8-2-1-3-9-16)19-11-6-14-25(19)22(28)18-13-12-15-7-4-5-10-17(15)24-18/h4-5,7,10,12-13,16,19-20,26H,1-3,6,8-9,11,14H2,(H,23,27)/t19-,20?/m0/s1. The van der Waals surface area contributed by atoms with Gasteiger partial charge in [-0.05, 0) is 37.8 Å². The molecule has 0 spiro atoms. The number of rotatable bonds is 4. The molecule has 2 aromatic rings. The fourth-order valence-corrected chi connectivity index (χ4v) is 4.41. The predicted molar refractivity (Wildman–Crippen MR) is 107 cm³/mol. The van der Waals surface area contributed by atoms with Gasteiger partial charge < -0.3 is 15.3 Å². The van der Waals surface area contributed by atoms with Crippen molar-refractivity contribution in [3.05, 3.63) is 42.1 Å². The second-order valence-corrected chi connectivity index (χ2v) is 7.89. The Balaban J connectivity index is 1.46. The molecule has 6 heteroatoms. The molecule has 1 unspecified atom stereocenters. The maximum Gasteiger partial charge on any atom is 0.272 e. The number of pyridine rings is 1. The summed E-state index contributed by atoms with van der Waals surface area (Å²) < 4.78 is 0. The molecule has 28 heavy (non-hydrogen) atoms. The molecule has 148 valence electrons. The zero-order valence-electron chi connectivity index (χ0n) is 16.0. The topological polar surface area (TPSA) is 82.5 Å². The average molecular weight is 381 g/mol. The molecule has 1 aliphatic carbocycles. The van der Waals surface area contributed by atoms with Crippen molar-refractivity contribution in [1.82, 2.24) is 15.2 Å². The highest BCUT2D eigenvalue weighted by Crippen LogP contribution is 2.24. The first-order chi connectivity index (χ1) is 13.6. The van der Waals surface area contributed by atoms with Gasteiger partial charge in [-0.15, -0.1) is 0 Å². The first-order valence-electron chi connectivity index (χ1n) is 10.3. The van der Waals surface area contributed by atoms with Crippen LogP contribution in [-0.4, -0.2) is 51.5 Å². The van der Waals surface area contributed by atoms with Crippen LogP contribution in [0.25, 0.3) is 10.9 Å². The van der Waals surface area contributed by atoms with Gasteiger partial charge in [0.2, 0.25) is 0 Å². The molecule has 1 saturated heterocycles. The number of hydrogen-bond donors (Lipinski definition) is 2. The van der Waals surface area contributed by atoms with Gasteiger partial charge >= 0.3 is 0 Å². The molecule has 0 bridgehead atoms. The van der Waals surface area contributed by atoms with Crippen LogP contribution < -0.4 is 5.32 Å². The average Bonchev–Trinajstić information content (AvgIpc) is 3.22. The third-order valence-corrected chi connectivity index (χ3v) is 5.96. The van der Waals surface area contributed by atoms with E-state index >= 15 is 0 Å². The van der Waals surface area contributed by atoms with Crippen molar-refractivity contribution in [3.8, 4) is 0 Å². The van der Waals surface area contributed by atoms with E-state index in [4.69, 9.17) is 0 Å². The van der Waals surface area contributed by atoms with Gasteiger partial charge in [0.15, 0.2) is 6.10 Å².